The first-order valence-electron chi connectivity index (χ1n) is 9.06. The molecular formula is C22H32. The predicted molar refractivity (Wildman–Crippen MR) is 98.1 cm³/mol. The summed E-state index contributed by atoms with van der Waals surface area (Å²) in [5.41, 5.74) is 4.84. The van der Waals surface area contributed by atoms with Crippen LogP contribution >= 0.6 is 0 Å². The quantitative estimate of drug-likeness (QED) is 0.489. The van der Waals surface area contributed by atoms with Crippen molar-refractivity contribution in [3.63, 3.8) is 0 Å². The van der Waals surface area contributed by atoms with Crippen LogP contribution in [0, 0.1) is 17.8 Å². The molecule has 1 aliphatic carbocycles. The largest absolute Gasteiger partial charge is 0.103 e. The summed E-state index contributed by atoms with van der Waals surface area (Å²) in [7, 11) is 0. The van der Waals surface area contributed by atoms with Crippen LogP contribution in [0.5, 0.6) is 0 Å². The first kappa shape index (κ1) is 17.1. The Balaban J connectivity index is 2.08. The van der Waals surface area contributed by atoms with Gasteiger partial charge in [-0.1, -0.05) is 62.8 Å². The molecule has 2 atom stereocenters. The molecule has 0 nitrogen and oxygen atoms in total. The molecule has 0 bridgehead atoms. The van der Waals surface area contributed by atoms with E-state index in [4.69, 9.17) is 0 Å². The van der Waals surface area contributed by atoms with Gasteiger partial charge in [0.15, 0.2) is 0 Å². The number of rotatable bonds is 8. The van der Waals surface area contributed by atoms with E-state index in [1.165, 1.54) is 32.1 Å². The number of allylic oxidation sites excluding steroid dienone is 3. The first-order valence-corrected chi connectivity index (χ1v) is 9.06. The molecule has 0 spiro atoms. The second-order valence-electron chi connectivity index (χ2n) is 6.99. The number of benzene rings is 1. The summed E-state index contributed by atoms with van der Waals surface area (Å²) in [5.74, 6) is 2.19. The Hall–Kier alpha value is -1.30. The van der Waals surface area contributed by atoms with Crippen LogP contribution in [0.25, 0.3) is 0 Å². The SMILES string of the molecule is C=CCC(C=C(CC1Cc2ccccc2C1)C(C)CC)CC. The zero-order valence-electron chi connectivity index (χ0n) is 14.6. The van der Waals surface area contributed by atoms with E-state index in [1.54, 1.807) is 16.7 Å². The lowest BCUT2D eigenvalue weighted by Gasteiger charge is -2.21. The lowest BCUT2D eigenvalue weighted by atomic mass is 9.85. The predicted octanol–water partition coefficient (Wildman–Crippen LogP) is 6.37. The third kappa shape index (κ3) is 4.35. The fraction of sp³-hybridized carbons (Fsp3) is 0.545. The van der Waals surface area contributed by atoms with Crippen molar-refractivity contribution in [3.8, 4) is 0 Å². The molecule has 0 radical (unpaired) electrons. The molecule has 22 heavy (non-hydrogen) atoms. The van der Waals surface area contributed by atoms with Gasteiger partial charge in [0.05, 0.1) is 0 Å². The minimum atomic E-state index is 0.672. The molecule has 0 heterocycles. The lowest BCUT2D eigenvalue weighted by molar-refractivity contribution is 0.496. The molecule has 0 fully saturated rings. The Kier molecular flexibility index (Phi) is 6.49. The molecule has 0 aromatic heterocycles. The molecule has 2 unspecified atom stereocenters. The first-order chi connectivity index (χ1) is 10.7. The summed E-state index contributed by atoms with van der Waals surface area (Å²) in [6, 6.07) is 9.00. The smallest absolute Gasteiger partial charge is 0.0199 e. The monoisotopic (exact) mass is 296 g/mol. The van der Waals surface area contributed by atoms with E-state index in [2.05, 4.69) is 63.8 Å². The van der Waals surface area contributed by atoms with E-state index < -0.39 is 0 Å². The van der Waals surface area contributed by atoms with E-state index in [1.807, 2.05) is 0 Å². The van der Waals surface area contributed by atoms with Gasteiger partial charge < -0.3 is 0 Å². The van der Waals surface area contributed by atoms with E-state index >= 15 is 0 Å². The Morgan fingerprint density at radius 3 is 2.32 bits per heavy atom. The second kappa shape index (κ2) is 8.36. The fourth-order valence-electron chi connectivity index (χ4n) is 3.69. The molecular weight excluding hydrogens is 264 g/mol. The minimum Gasteiger partial charge on any atom is -0.103 e. The van der Waals surface area contributed by atoms with E-state index in [9.17, 15) is 0 Å². The highest BCUT2D eigenvalue weighted by Crippen LogP contribution is 2.34. The molecule has 0 amide bonds. The Morgan fingerprint density at radius 2 is 1.82 bits per heavy atom. The molecule has 1 aromatic carbocycles. The maximum atomic E-state index is 3.92. The summed E-state index contributed by atoms with van der Waals surface area (Å²) in [6.07, 6.45) is 12.0. The lowest BCUT2D eigenvalue weighted by Crippen LogP contribution is -2.09. The summed E-state index contributed by atoms with van der Waals surface area (Å²) in [5, 5.41) is 0. The van der Waals surface area contributed by atoms with Crippen LogP contribution in [-0.2, 0) is 12.8 Å². The van der Waals surface area contributed by atoms with Gasteiger partial charge in [-0.25, -0.2) is 0 Å². The average Bonchev–Trinajstić information content (AvgIpc) is 2.95. The Morgan fingerprint density at radius 1 is 1.18 bits per heavy atom. The van der Waals surface area contributed by atoms with Gasteiger partial charge in [-0.15, -0.1) is 6.58 Å². The van der Waals surface area contributed by atoms with Crippen molar-refractivity contribution < 1.29 is 0 Å². The van der Waals surface area contributed by atoms with Crippen LogP contribution in [0.2, 0.25) is 0 Å². The highest BCUT2D eigenvalue weighted by molar-refractivity contribution is 5.32. The van der Waals surface area contributed by atoms with Gasteiger partial charge in [0, 0.05) is 0 Å². The van der Waals surface area contributed by atoms with Crippen LogP contribution in [0.3, 0.4) is 0 Å². The van der Waals surface area contributed by atoms with Gasteiger partial charge >= 0.3 is 0 Å². The fourth-order valence-corrected chi connectivity index (χ4v) is 3.69. The maximum Gasteiger partial charge on any atom is -0.0199 e. The number of hydrogen-bond acceptors (Lipinski definition) is 0. The third-order valence-corrected chi connectivity index (χ3v) is 5.35. The van der Waals surface area contributed by atoms with Crippen LogP contribution in [0.4, 0.5) is 0 Å². The van der Waals surface area contributed by atoms with Gasteiger partial charge in [0.25, 0.3) is 0 Å². The molecule has 0 saturated heterocycles. The highest BCUT2D eigenvalue weighted by atomic mass is 14.3. The van der Waals surface area contributed by atoms with Gasteiger partial charge in [-0.2, -0.15) is 0 Å². The van der Waals surface area contributed by atoms with Gasteiger partial charge in [-0.3, -0.25) is 0 Å². The van der Waals surface area contributed by atoms with Gasteiger partial charge in [0.2, 0.25) is 0 Å². The van der Waals surface area contributed by atoms with Crippen molar-refractivity contribution >= 4 is 0 Å². The Bertz CT molecular complexity index is 484. The van der Waals surface area contributed by atoms with Crippen molar-refractivity contribution in [2.24, 2.45) is 17.8 Å². The van der Waals surface area contributed by atoms with Crippen molar-refractivity contribution in [2.45, 2.75) is 59.3 Å². The van der Waals surface area contributed by atoms with Crippen molar-refractivity contribution in [3.05, 3.63) is 59.7 Å². The summed E-state index contributed by atoms with van der Waals surface area (Å²) >= 11 is 0. The standard InChI is InChI=1S/C22H32/c1-5-10-18(7-3)13-22(17(4)6-2)16-19-14-20-11-8-9-12-21(20)15-19/h5,8-9,11-13,17-19H,1,6-7,10,14-16H2,2-4H3. The second-order valence-corrected chi connectivity index (χ2v) is 6.99. The molecule has 0 saturated carbocycles. The van der Waals surface area contributed by atoms with Crippen LogP contribution in [0.15, 0.2) is 48.6 Å². The summed E-state index contributed by atoms with van der Waals surface area (Å²) in [4.78, 5) is 0. The third-order valence-electron chi connectivity index (χ3n) is 5.35. The number of fused-ring (bicyclic) bond motifs is 1. The van der Waals surface area contributed by atoms with E-state index in [0.29, 0.717) is 11.8 Å². The molecule has 0 heteroatoms. The number of hydrogen-bond donors (Lipinski definition) is 0. The van der Waals surface area contributed by atoms with Gasteiger partial charge in [0.1, 0.15) is 0 Å². The molecule has 0 aliphatic heterocycles. The highest BCUT2D eigenvalue weighted by Gasteiger charge is 2.23. The zero-order valence-corrected chi connectivity index (χ0v) is 14.6. The molecule has 1 aromatic rings. The summed E-state index contributed by atoms with van der Waals surface area (Å²) < 4.78 is 0. The topological polar surface area (TPSA) is 0 Å². The molecule has 120 valence electrons. The van der Waals surface area contributed by atoms with Crippen LogP contribution in [-0.4, -0.2) is 0 Å². The average molecular weight is 296 g/mol. The molecule has 1 aliphatic rings. The van der Waals surface area contributed by atoms with Crippen molar-refractivity contribution in [1.29, 1.82) is 0 Å². The van der Waals surface area contributed by atoms with Gasteiger partial charge in [-0.05, 0) is 67.4 Å². The van der Waals surface area contributed by atoms with E-state index in [0.717, 1.165) is 12.3 Å². The van der Waals surface area contributed by atoms with Crippen molar-refractivity contribution in [2.75, 3.05) is 0 Å². The minimum absolute atomic E-state index is 0.672. The normalized spacial score (nSPS) is 18.0. The van der Waals surface area contributed by atoms with Crippen molar-refractivity contribution in [1.82, 2.24) is 0 Å². The van der Waals surface area contributed by atoms with Crippen LogP contribution < -0.4 is 0 Å². The molecule has 0 N–H and O–H groups in total. The maximum absolute atomic E-state index is 3.92. The summed E-state index contributed by atoms with van der Waals surface area (Å²) in [6.45, 7) is 10.9. The van der Waals surface area contributed by atoms with E-state index in [-0.39, 0.29) is 0 Å². The zero-order chi connectivity index (χ0) is 15.9. The Labute approximate surface area is 137 Å². The van der Waals surface area contributed by atoms with Crippen LogP contribution in [0.1, 0.15) is 57.6 Å². The molecule has 2 rings (SSSR count).